The fourth-order valence-electron chi connectivity index (χ4n) is 1.55. The lowest BCUT2D eigenvalue weighted by Gasteiger charge is -2.08. The first-order valence-electron chi connectivity index (χ1n) is 4.37. The summed E-state index contributed by atoms with van der Waals surface area (Å²) in [5.74, 6) is -0.0679. The molecule has 0 amide bonds. The molecule has 0 aromatic heterocycles. The summed E-state index contributed by atoms with van der Waals surface area (Å²) < 4.78 is 0. The van der Waals surface area contributed by atoms with Crippen LogP contribution >= 0.6 is 0 Å². The SMILES string of the molecule is NCCC1=C2C(=O)C=CC(O)=C2N=C1. The van der Waals surface area contributed by atoms with Crippen LogP contribution in [0.4, 0.5) is 0 Å². The number of hydrogen-bond donors (Lipinski definition) is 2. The summed E-state index contributed by atoms with van der Waals surface area (Å²) >= 11 is 0. The van der Waals surface area contributed by atoms with Crippen molar-refractivity contribution >= 4 is 12.0 Å². The van der Waals surface area contributed by atoms with Gasteiger partial charge in [-0.1, -0.05) is 0 Å². The number of carbonyl (C=O) groups is 1. The summed E-state index contributed by atoms with van der Waals surface area (Å²) in [5, 5.41) is 9.44. The molecule has 0 radical (unpaired) electrons. The summed E-state index contributed by atoms with van der Waals surface area (Å²) in [6, 6.07) is 0. The fourth-order valence-corrected chi connectivity index (χ4v) is 1.55. The molecule has 0 saturated carbocycles. The highest BCUT2D eigenvalue weighted by Gasteiger charge is 2.26. The van der Waals surface area contributed by atoms with Crippen molar-refractivity contribution in [2.75, 3.05) is 6.54 Å². The van der Waals surface area contributed by atoms with E-state index in [0.717, 1.165) is 5.57 Å². The minimum absolute atomic E-state index is 0.0443. The number of aliphatic hydroxyl groups is 1. The second-order valence-corrected chi connectivity index (χ2v) is 3.13. The zero-order valence-electron chi connectivity index (χ0n) is 7.53. The third kappa shape index (κ3) is 1.20. The first-order valence-corrected chi connectivity index (χ1v) is 4.37. The summed E-state index contributed by atoms with van der Waals surface area (Å²) in [7, 11) is 0. The zero-order chi connectivity index (χ0) is 10.1. The average Bonchev–Trinajstić information content (AvgIpc) is 2.58. The smallest absolute Gasteiger partial charge is 0.188 e. The summed E-state index contributed by atoms with van der Waals surface area (Å²) in [6.07, 6.45) is 4.91. The Morgan fingerprint density at radius 1 is 1.43 bits per heavy atom. The fraction of sp³-hybridized carbons (Fsp3) is 0.200. The Balaban J connectivity index is 2.49. The van der Waals surface area contributed by atoms with Crippen molar-refractivity contribution < 1.29 is 9.90 Å². The molecule has 0 saturated heterocycles. The van der Waals surface area contributed by atoms with Gasteiger partial charge in [0, 0.05) is 6.21 Å². The number of aliphatic hydroxyl groups excluding tert-OH is 1. The molecular formula is C10H10N2O2. The zero-order valence-corrected chi connectivity index (χ0v) is 7.53. The molecule has 1 heterocycles. The van der Waals surface area contributed by atoms with E-state index in [-0.39, 0.29) is 11.5 Å². The number of carbonyl (C=O) groups excluding carboxylic acids is 1. The maximum atomic E-state index is 11.5. The van der Waals surface area contributed by atoms with Gasteiger partial charge < -0.3 is 10.8 Å². The van der Waals surface area contributed by atoms with Crippen LogP contribution < -0.4 is 5.73 Å². The van der Waals surface area contributed by atoms with E-state index in [9.17, 15) is 9.90 Å². The van der Waals surface area contributed by atoms with Gasteiger partial charge in [-0.2, -0.15) is 0 Å². The number of fused-ring (bicyclic) bond motifs is 1. The third-order valence-corrected chi connectivity index (χ3v) is 2.20. The van der Waals surface area contributed by atoms with E-state index in [1.54, 1.807) is 6.21 Å². The topological polar surface area (TPSA) is 75.7 Å². The first-order chi connectivity index (χ1) is 6.74. The normalized spacial score (nSPS) is 19.6. The van der Waals surface area contributed by atoms with Gasteiger partial charge in [-0.3, -0.25) is 9.79 Å². The van der Waals surface area contributed by atoms with E-state index in [0.29, 0.717) is 24.2 Å². The highest BCUT2D eigenvalue weighted by molar-refractivity contribution is 6.14. The Morgan fingerprint density at radius 2 is 2.21 bits per heavy atom. The number of allylic oxidation sites excluding steroid dienone is 3. The minimum Gasteiger partial charge on any atom is -0.506 e. The molecule has 0 spiro atoms. The maximum absolute atomic E-state index is 11.5. The molecule has 0 fully saturated rings. The van der Waals surface area contributed by atoms with Gasteiger partial charge in [-0.25, -0.2) is 0 Å². The average molecular weight is 190 g/mol. The molecule has 1 aliphatic heterocycles. The van der Waals surface area contributed by atoms with Crippen LogP contribution in [0.1, 0.15) is 6.42 Å². The van der Waals surface area contributed by atoms with Gasteiger partial charge >= 0.3 is 0 Å². The molecule has 2 aliphatic rings. The number of nitrogens with two attached hydrogens (primary N) is 1. The van der Waals surface area contributed by atoms with Crippen LogP contribution in [0.25, 0.3) is 0 Å². The molecule has 0 aromatic carbocycles. The number of ketones is 1. The van der Waals surface area contributed by atoms with E-state index in [1.807, 2.05) is 0 Å². The van der Waals surface area contributed by atoms with Gasteiger partial charge in [0.2, 0.25) is 0 Å². The van der Waals surface area contributed by atoms with Crippen molar-refractivity contribution in [1.29, 1.82) is 0 Å². The van der Waals surface area contributed by atoms with Crippen molar-refractivity contribution in [3.8, 4) is 0 Å². The summed E-state index contributed by atoms with van der Waals surface area (Å²) in [6.45, 7) is 0.468. The van der Waals surface area contributed by atoms with Crippen LogP contribution in [-0.2, 0) is 4.79 Å². The monoisotopic (exact) mass is 190 g/mol. The van der Waals surface area contributed by atoms with Crippen molar-refractivity contribution in [2.24, 2.45) is 10.7 Å². The van der Waals surface area contributed by atoms with E-state index in [1.165, 1.54) is 12.2 Å². The number of rotatable bonds is 2. The second kappa shape index (κ2) is 3.23. The Morgan fingerprint density at radius 3 is 2.93 bits per heavy atom. The van der Waals surface area contributed by atoms with Gasteiger partial charge in [0.05, 0.1) is 5.57 Å². The molecular weight excluding hydrogens is 180 g/mol. The van der Waals surface area contributed by atoms with Crippen molar-refractivity contribution in [3.63, 3.8) is 0 Å². The minimum atomic E-state index is -0.112. The molecule has 4 heteroatoms. The molecule has 3 N–H and O–H groups in total. The van der Waals surface area contributed by atoms with E-state index in [2.05, 4.69) is 4.99 Å². The van der Waals surface area contributed by atoms with E-state index >= 15 is 0 Å². The van der Waals surface area contributed by atoms with Crippen LogP contribution in [0, 0.1) is 0 Å². The molecule has 2 rings (SSSR count). The molecule has 14 heavy (non-hydrogen) atoms. The number of nitrogens with zero attached hydrogens (tertiary/aromatic N) is 1. The van der Waals surface area contributed by atoms with Crippen molar-refractivity contribution in [1.82, 2.24) is 0 Å². The lowest BCUT2D eigenvalue weighted by Crippen LogP contribution is -2.09. The Bertz CT molecular complexity index is 414. The molecule has 72 valence electrons. The standard InChI is InChI=1S/C10H10N2O2/c11-4-3-6-5-12-10-8(14)2-1-7(13)9(6)10/h1-2,5,14H,3-4,11H2. The molecule has 0 unspecified atom stereocenters. The van der Waals surface area contributed by atoms with Gasteiger partial charge in [0.1, 0.15) is 11.5 Å². The predicted octanol–water partition coefficient (Wildman–Crippen LogP) is 0.625. The summed E-state index contributed by atoms with van der Waals surface area (Å²) in [4.78, 5) is 15.5. The summed E-state index contributed by atoms with van der Waals surface area (Å²) in [5.41, 5.74) is 7.09. The van der Waals surface area contributed by atoms with Crippen molar-refractivity contribution in [3.05, 3.63) is 34.8 Å². The quantitative estimate of drug-likeness (QED) is 0.670. The number of aliphatic imine (C=N–C) groups is 1. The highest BCUT2D eigenvalue weighted by atomic mass is 16.3. The van der Waals surface area contributed by atoms with E-state index in [4.69, 9.17) is 5.73 Å². The molecule has 0 bridgehead atoms. The molecule has 4 nitrogen and oxygen atoms in total. The van der Waals surface area contributed by atoms with Crippen molar-refractivity contribution in [2.45, 2.75) is 6.42 Å². The van der Waals surface area contributed by atoms with E-state index < -0.39 is 0 Å². The maximum Gasteiger partial charge on any atom is 0.188 e. The Labute approximate surface area is 81.1 Å². The van der Waals surface area contributed by atoms with Gasteiger partial charge in [-0.05, 0) is 30.7 Å². The first kappa shape index (κ1) is 8.90. The van der Waals surface area contributed by atoms with Crippen LogP contribution in [0.2, 0.25) is 0 Å². The van der Waals surface area contributed by atoms with Gasteiger partial charge in [-0.15, -0.1) is 0 Å². The highest BCUT2D eigenvalue weighted by Crippen LogP contribution is 2.29. The lowest BCUT2D eigenvalue weighted by atomic mass is 9.97. The largest absolute Gasteiger partial charge is 0.506 e. The van der Waals surface area contributed by atoms with Crippen LogP contribution in [-0.4, -0.2) is 23.6 Å². The molecule has 0 aromatic rings. The second-order valence-electron chi connectivity index (χ2n) is 3.13. The number of hydrogen-bond acceptors (Lipinski definition) is 4. The third-order valence-electron chi connectivity index (χ3n) is 2.20. The van der Waals surface area contributed by atoms with Crippen LogP contribution in [0.5, 0.6) is 0 Å². The molecule has 1 aliphatic carbocycles. The lowest BCUT2D eigenvalue weighted by molar-refractivity contribution is -0.111. The van der Waals surface area contributed by atoms with Gasteiger partial charge in [0.15, 0.2) is 5.78 Å². The Kier molecular flexibility index (Phi) is 2.05. The van der Waals surface area contributed by atoms with Crippen LogP contribution in [0.3, 0.4) is 0 Å². The predicted molar refractivity (Wildman–Crippen MR) is 53.0 cm³/mol. The van der Waals surface area contributed by atoms with Gasteiger partial charge in [0.25, 0.3) is 0 Å². The van der Waals surface area contributed by atoms with Crippen LogP contribution in [0.15, 0.2) is 39.7 Å². The Hall–Kier alpha value is -1.68. The molecule has 0 atom stereocenters.